The monoisotopic (exact) mass is 334 g/mol. The third-order valence-electron chi connectivity index (χ3n) is 4.55. The number of ether oxygens (including phenoxy) is 2. The van der Waals surface area contributed by atoms with E-state index >= 15 is 0 Å². The zero-order chi connectivity index (χ0) is 17.6. The summed E-state index contributed by atoms with van der Waals surface area (Å²) in [5, 5.41) is 3.03. The maximum Gasteiger partial charge on any atom is 0.256 e. The summed E-state index contributed by atoms with van der Waals surface area (Å²) in [5.74, 6) is 1.04. The number of pyridine rings is 1. The van der Waals surface area contributed by atoms with Crippen LogP contribution in [-0.2, 0) is 9.53 Å². The van der Waals surface area contributed by atoms with E-state index in [4.69, 9.17) is 9.47 Å². The lowest BCUT2D eigenvalue weighted by Gasteiger charge is -2.38. The summed E-state index contributed by atoms with van der Waals surface area (Å²) in [6, 6.07) is 3.66. The Morgan fingerprint density at radius 3 is 2.83 bits per heavy atom. The minimum atomic E-state index is -0.712. The smallest absolute Gasteiger partial charge is 0.256 e. The van der Waals surface area contributed by atoms with Gasteiger partial charge < -0.3 is 14.8 Å². The van der Waals surface area contributed by atoms with Crippen LogP contribution in [0.25, 0.3) is 0 Å². The maximum absolute atomic E-state index is 12.9. The van der Waals surface area contributed by atoms with E-state index in [0.717, 1.165) is 43.5 Å². The molecule has 5 nitrogen and oxygen atoms in total. The zero-order valence-corrected chi connectivity index (χ0v) is 15.4. The minimum absolute atomic E-state index is 0.0528. The number of amides is 1. The molecule has 2 rings (SSSR count). The Morgan fingerprint density at radius 1 is 1.42 bits per heavy atom. The number of rotatable bonds is 7. The quantitative estimate of drug-likeness (QED) is 0.815. The fourth-order valence-corrected chi connectivity index (χ4v) is 3.38. The highest BCUT2D eigenvalue weighted by molar-refractivity contribution is 5.97. The molecular formula is C19H30N2O3. The first-order valence-corrected chi connectivity index (χ1v) is 9.06. The van der Waals surface area contributed by atoms with Gasteiger partial charge in [-0.3, -0.25) is 4.79 Å². The summed E-state index contributed by atoms with van der Waals surface area (Å²) in [4.78, 5) is 17.4. The second-order valence-electron chi connectivity index (χ2n) is 6.71. The van der Waals surface area contributed by atoms with Crippen LogP contribution in [0.15, 0.2) is 12.1 Å². The minimum Gasteiger partial charge on any atom is -0.478 e. The number of nitrogens with zero attached hydrogens (tertiary/aromatic N) is 1. The predicted molar refractivity (Wildman–Crippen MR) is 95.4 cm³/mol. The van der Waals surface area contributed by atoms with Crippen molar-refractivity contribution in [1.82, 2.24) is 4.98 Å². The second-order valence-corrected chi connectivity index (χ2v) is 6.71. The predicted octanol–water partition coefficient (Wildman–Crippen LogP) is 4.10. The summed E-state index contributed by atoms with van der Waals surface area (Å²) >= 11 is 0. The van der Waals surface area contributed by atoms with Gasteiger partial charge in [-0.2, -0.15) is 0 Å². The molecular weight excluding hydrogens is 304 g/mol. The van der Waals surface area contributed by atoms with Crippen molar-refractivity contribution in [3.8, 4) is 5.88 Å². The molecule has 1 aromatic heterocycles. The van der Waals surface area contributed by atoms with Crippen LogP contribution >= 0.6 is 0 Å². The molecule has 1 aliphatic rings. The molecule has 0 spiro atoms. The fraction of sp³-hybridized carbons (Fsp3) is 0.684. The molecule has 134 valence electrons. The summed E-state index contributed by atoms with van der Waals surface area (Å²) in [7, 11) is 0. The van der Waals surface area contributed by atoms with Crippen LogP contribution in [0.5, 0.6) is 5.88 Å². The normalized spacial score (nSPS) is 23.8. The standard InChI is InChI=1S/C19H30N2O3/c1-5-12-23-17-10-9-16(15(4)20-17)21-18(22)19(24-6-2)11-7-8-14(3)13-19/h9-10,14H,5-8,11-13H2,1-4H3,(H,21,22)/t14-,19-/m1/s1. The first-order chi connectivity index (χ1) is 11.5. The van der Waals surface area contributed by atoms with Gasteiger partial charge in [0.2, 0.25) is 5.88 Å². The van der Waals surface area contributed by atoms with E-state index < -0.39 is 5.60 Å². The Kier molecular flexibility index (Phi) is 6.60. The van der Waals surface area contributed by atoms with Crippen molar-refractivity contribution in [3.63, 3.8) is 0 Å². The second kappa shape index (κ2) is 8.47. The zero-order valence-electron chi connectivity index (χ0n) is 15.4. The topological polar surface area (TPSA) is 60.5 Å². The van der Waals surface area contributed by atoms with Gasteiger partial charge in [0.1, 0.15) is 5.60 Å². The van der Waals surface area contributed by atoms with Gasteiger partial charge in [-0.05, 0) is 51.5 Å². The molecule has 1 saturated carbocycles. The number of carbonyl (C=O) groups is 1. The Morgan fingerprint density at radius 2 is 2.21 bits per heavy atom. The van der Waals surface area contributed by atoms with Crippen LogP contribution < -0.4 is 10.1 Å². The molecule has 0 radical (unpaired) electrons. The Balaban J connectivity index is 2.11. The summed E-state index contributed by atoms with van der Waals surface area (Å²) < 4.78 is 11.5. The molecule has 1 aliphatic carbocycles. The highest BCUT2D eigenvalue weighted by Crippen LogP contribution is 2.36. The Bertz CT molecular complexity index is 558. The lowest BCUT2D eigenvalue weighted by atomic mass is 9.78. The molecule has 0 aromatic carbocycles. The molecule has 1 N–H and O–H groups in total. The van der Waals surface area contributed by atoms with Gasteiger partial charge >= 0.3 is 0 Å². The van der Waals surface area contributed by atoms with E-state index in [-0.39, 0.29) is 5.91 Å². The first-order valence-electron chi connectivity index (χ1n) is 9.06. The number of aryl methyl sites for hydroxylation is 1. The van der Waals surface area contributed by atoms with Crippen LogP contribution in [0, 0.1) is 12.8 Å². The number of nitrogens with one attached hydrogen (secondary N) is 1. The highest BCUT2D eigenvalue weighted by Gasteiger charge is 2.42. The summed E-state index contributed by atoms with van der Waals surface area (Å²) in [6.07, 6.45) is 4.67. The molecule has 1 heterocycles. The van der Waals surface area contributed by atoms with Gasteiger partial charge in [0.25, 0.3) is 5.91 Å². The van der Waals surface area contributed by atoms with Crippen molar-refractivity contribution in [2.75, 3.05) is 18.5 Å². The van der Waals surface area contributed by atoms with Gasteiger partial charge in [0.15, 0.2) is 0 Å². The van der Waals surface area contributed by atoms with E-state index in [2.05, 4.69) is 24.1 Å². The SMILES string of the molecule is CCCOc1ccc(NC(=O)[C@@]2(OCC)CCC[C@@H](C)C2)c(C)n1. The van der Waals surface area contributed by atoms with E-state index in [0.29, 0.717) is 25.0 Å². The van der Waals surface area contributed by atoms with E-state index in [9.17, 15) is 4.79 Å². The lowest BCUT2D eigenvalue weighted by molar-refractivity contribution is -0.147. The summed E-state index contributed by atoms with van der Waals surface area (Å²) in [5.41, 5.74) is 0.768. The molecule has 1 aromatic rings. The fourth-order valence-electron chi connectivity index (χ4n) is 3.38. The molecule has 0 unspecified atom stereocenters. The number of hydrogen-bond acceptors (Lipinski definition) is 4. The van der Waals surface area contributed by atoms with Crippen LogP contribution in [0.3, 0.4) is 0 Å². The van der Waals surface area contributed by atoms with Gasteiger partial charge in [0, 0.05) is 12.7 Å². The number of hydrogen-bond donors (Lipinski definition) is 1. The number of carbonyl (C=O) groups excluding carboxylic acids is 1. The number of aromatic nitrogens is 1. The van der Waals surface area contributed by atoms with Crippen LogP contribution in [0.4, 0.5) is 5.69 Å². The third-order valence-corrected chi connectivity index (χ3v) is 4.55. The van der Waals surface area contributed by atoms with Crippen molar-refractivity contribution >= 4 is 11.6 Å². The van der Waals surface area contributed by atoms with Crippen molar-refractivity contribution in [3.05, 3.63) is 17.8 Å². The molecule has 1 amide bonds. The van der Waals surface area contributed by atoms with Gasteiger partial charge in [-0.15, -0.1) is 0 Å². The largest absolute Gasteiger partial charge is 0.478 e. The van der Waals surface area contributed by atoms with Crippen LogP contribution in [-0.4, -0.2) is 29.7 Å². The lowest BCUT2D eigenvalue weighted by Crippen LogP contribution is -2.48. The van der Waals surface area contributed by atoms with E-state index in [1.165, 1.54) is 0 Å². The first kappa shape index (κ1) is 18.7. The molecule has 24 heavy (non-hydrogen) atoms. The van der Waals surface area contributed by atoms with Crippen LogP contribution in [0.2, 0.25) is 0 Å². The molecule has 5 heteroatoms. The third kappa shape index (κ3) is 4.47. The Labute approximate surface area is 145 Å². The average Bonchev–Trinajstić information content (AvgIpc) is 2.55. The van der Waals surface area contributed by atoms with Crippen molar-refractivity contribution in [2.45, 2.75) is 65.4 Å². The van der Waals surface area contributed by atoms with Crippen molar-refractivity contribution in [2.24, 2.45) is 5.92 Å². The molecule has 1 fully saturated rings. The average molecular weight is 334 g/mol. The van der Waals surface area contributed by atoms with E-state index in [1.54, 1.807) is 6.07 Å². The van der Waals surface area contributed by atoms with Crippen LogP contribution in [0.1, 0.15) is 58.6 Å². The van der Waals surface area contributed by atoms with Gasteiger partial charge in [0.05, 0.1) is 18.0 Å². The molecule has 2 atom stereocenters. The highest BCUT2D eigenvalue weighted by atomic mass is 16.5. The van der Waals surface area contributed by atoms with Gasteiger partial charge in [-0.1, -0.05) is 20.3 Å². The molecule has 0 bridgehead atoms. The molecule has 0 saturated heterocycles. The Hall–Kier alpha value is -1.62. The van der Waals surface area contributed by atoms with Gasteiger partial charge in [-0.25, -0.2) is 4.98 Å². The van der Waals surface area contributed by atoms with Crippen molar-refractivity contribution < 1.29 is 14.3 Å². The van der Waals surface area contributed by atoms with E-state index in [1.807, 2.05) is 19.9 Å². The summed E-state index contributed by atoms with van der Waals surface area (Å²) in [6.45, 7) is 9.25. The molecule has 0 aliphatic heterocycles. The van der Waals surface area contributed by atoms with Crippen molar-refractivity contribution in [1.29, 1.82) is 0 Å². The maximum atomic E-state index is 12.9. The number of anilines is 1.